The lowest BCUT2D eigenvalue weighted by molar-refractivity contribution is 0.0604. The number of hydrogen-bond donors (Lipinski definition) is 1. The summed E-state index contributed by atoms with van der Waals surface area (Å²) in [4.78, 5) is 15.1. The average Bonchev–Trinajstić information content (AvgIpc) is 2.14. The Kier molecular flexibility index (Phi) is 4.27. The molecular weight excluding hydrogens is 192 g/mol. The molecule has 0 aromatic carbocycles. The molecule has 4 heteroatoms. The van der Waals surface area contributed by atoms with E-state index in [-0.39, 0.29) is 0 Å². The van der Waals surface area contributed by atoms with E-state index in [1.54, 1.807) is 6.21 Å². The van der Waals surface area contributed by atoms with E-state index in [0.29, 0.717) is 5.92 Å². The standard InChI is InChI=1S/C11H20N2O2/c1-11(2,3)15-10(14)13-8-9-5-4-6-12-7-9/h8-9,12H,4-7H2,1-3H3/b13-8+. The van der Waals surface area contributed by atoms with Crippen molar-refractivity contribution in [2.75, 3.05) is 13.1 Å². The minimum atomic E-state index is -0.493. The number of hydrogen-bond acceptors (Lipinski definition) is 3. The number of nitrogens with one attached hydrogen (secondary N) is 1. The van der Waals surface area contributed by atoms with Crippen LogP contribution in [-0.4, -0.2) is 31.0 Å². The molecule has 0 aliphatic carbocycles. The number of piperidine rings is 1. The van der Waals surface area contributed by atoms with Crippen LogP contribution in [0.3, 0.4) is 0 Å². The monoisotopic (exact) mass is 212 g/mol. The van der Waals surface area contributed by atoms with E-state index in [0.717, 1.165) is 25.9 Å². The van der Waals surface area contributed by atoms with Crippen LogP contribution >= 0.6 is 0 Å². The summed E-state index contributed by atoms with van der Waals surface area (Å²) < 4.78 is 5.07. The van der Waals surface area contributed by atoms with Crippen molar-refractivity contribution in [3.05, 3.63) is 0 Å². The third-order valence-corrected chi connectivity index (χ3v) is 2.12. The van der Waals surface area contributed by atoms with Crippen molar-refractivity contribution in [2.45, 2.75) is 39.2 Å². The number of rotatable bonds is 1. The Balaban J connectivity index is 2.33. The van der Waals surface area contributed by atoms with Crippen LogP contribution in [0.4, 0.5) is 4.79 Å². The number of nitrogens with zero attached hydrogens (tertiary/aromatic N) is 1. The Morgan fingerprint density at radius 1 is 1.53 bits per heavy atom. The molecule has 1 unspecified atom stereocenters. The van der Waals surface area contributed by atoms with Gasteiger partial charge in [-0.15, -0.1) is 0 Å². The molecule has 1 fully saturated rings. The maximum Gasteiger partial charge on any atom is 0.433 e. The maximum atomic E-state index is 11.3. The molecule has 1 aliphatic rings. The minimum Gasteiger partial charge on any atom is -0.442 e. The predicted octanol–water partition coefficient (Wildman–Crippen LogP) is 1.99. The zero-order valence-electron chi connectivity index (χ0n) is 9.75. The van der Waals surface area contributed by atoms with Crippen LogP contribution in [0.1, 0.15) is 33.6 Å². The molecule has 0 bridgehead atoms. The molecule has 0 saturated carbocycles. The van der Waals surface area contributed by atoms with Crippen LogP contribution in [0.15, 0.2) is 4.99 Å². The van der Waals surface area contributed by atoms with E-state index in [9.17, 15) is 4.79 Å². The number of carbonyl (C=O) groups excluding carboxylic acids is 1. The first-order chi connectivity index (χ1) is 6.97. The zero-order valence-corrected chi connectivity index (χ0v) is 9.75. The molecule has 15 heavy (non-hydrogen) atoms. The van der Waals surface area contributed by atoms with Gasteiger partial charge in [-0.05, 0) is 40.2 Å². The number of amides is 1. The van der Waals surface area contributed by atoms with Gasteiger partial charge in [0.1, 0.15) is 5.60 Å². The van der Waals surface area contributed by atoms with Crippen molar-refractivity contribution in [3.8, 4) is 0 Å². The maximum absolute atomic E-state index is 11.3. The average molecular weight is 212 g/mol. The van der Waals surface area contributed by atoms with Crippen molar-refractivity contribution < 1.29 is 9.53 Å². The lowest BCUT2D eigenvalue weighted by atomic mass is 10.0. The molecule has 4 nitrogen and oxygen atoms in total. The normalized spacial score (nSPS) is 23.0. The predicted molar refractivity (Wildman–Crippen MR) is 60.3 cm³/mol. The molecule has 0 aromatic rings. The van der Waals surface area contributed by atoms with Gasteiger partial charge in [0.25, 0.3) is 0 Å². The summed E-state index contributed by atoms with van der Waals surface area (Å²) in [5.41, 5.74) is -0.459. The van der Waals surface area contributed by atoms with Gasteiger partial charge < -0.3 is 10.1 Å². The van der Waals surface area contributed by atoms with Gasteiger partial charge in [-0.2, -0.15) is 4.99 Å². The first kappa shape index (κ1) is 12.2. The van der Waals surface area contributed by atoms with Crippen LogP contribution < -0.4 is 5.32 Å². The molecule has 0 radical (unpaired) electrons. The highest BCUT2D eigenvalue weighted by Crippen LogP contribution is 2.10. The van der Waals surface area contributed by atoms with E-state index in [4.69, 9.17) is 4.74 Å². The van der Waals surface area contributed by atoms with Crippen LogP contribution in [0.2, 0.25) is 0 Å². The Morgan fingerprint density at radius 2 is 2.27 bits per heavy atom. The third-order valence-electron chi connectivity index (χ3n) is 2.12. The van der Waals surface area contributed by atoms with Crippen molar-refractivity contribution in [2.24, 2.45) is 10.9 Å². The smallest absolute Gasteiger partial charge is 0.433 e. The number of carbonyl (C=O) groups is 1. The van der Waals surface area contributed by atoms with Gasteiger partial charge in [-0.25, -0.2) is 4.79 Å². The molecule has 1 amide bonds. The second-order valence-electron chi connectivity index (χ2n) is 4.86. The van der Waals surface area contributed by atoms with E-state index >= 15 is 0 Å². The first-order valence-corrected chi connectivity index (χ1v) is 5.45. The second-order valence-corrected chi connectivity index (χ2v) is 4.86. The van der Waals surface area contributed by atoms with E-state index in [1.807, 2.05) is 20.8 Å². The Morgan fingerprint density at radius 3 is 2.80 bits per heavy atom. The first-order valence-electron chi connectivity index (χ1n) is 5.45. The van der Waals surface area contributed by atoms with Gasteiger partial charge in [0.05, 0.1) is 0 Å². The highest BCUT2D eigenvalue weighted by Gasteiger charge is 2.16. The highest BCUT2D eigenvalue weighted by molar-refractivity contribution is 5.80. The molecule has 0 spiro atoms. The molecular formula is C11H20N2O2. The molecule has 1 aliphatic heterocycles. The molecule has 1 rings (SSSR count). The van der Waals surface area contributed by atoms with Gasteiger partial charge in [-0.1, -0.05) is 0 Å². The minimum absolute atomic E-state index is 0.367. The molecule has 1 N–H and O–H groups in total. The molecule has 1 heterocycles. The Bertz CT molecular complexity index is 237. The van der Waals surface area contributed by atoms with Gasteiger partial charge in [-0.3, -0.25) is 0 Å². The van der Waals surface area contributed by atoms with E-state index in [1.165, 1.54) is 0 Å². The van der Waals surface area contributed by atoms with Crippen LogP contribution in [0, 0.1) is 5.92 Å². The summed E-state index contributed by atoms with van der Waals surface area (Å²) in [5, 5.41) is 3.26. The van der Waals surface area contributed by atoms with Gasteiger partial charge in [0.2, 0.25) is 0 Å². The largest absolute Gasteiger partial charge is 0.442 e. The lowest BCUT2D eigenvalue weighted by Gasteiger charge is -2.19. The fourth-order valence-corrected chi connectivity index (χ4v) is 1.46. The van der Waals surface area contributed by atoms with Crippen LogP contribution in [0.5, 0.6) is 0 Å². The van der Waals surface area contributed by atoms with E-state index in [2.05, 4.69) is 10.3 Å². The summed E-state index contributed by atoms with van der Waals surface area (Å²) in [7, 11) is 0. The fourth-order valence-electron chi connectivity index (χ4n) is 1.46. The molecule has 1 atom stereocenters. The third kappa shape index (κ3) is 5.52. The highest BCUT2D eigenvalue weighted by atomic mass is 16.6. The second kappa shape index (κ2) is 5.26. The quantitative estimate of drug-likeness (QED) is 0.676. The van der Waals surface area contributed by atoms with Crippen molar-refractivity contribution >= 4 is 12.3 Å². The lowest BCUT2D eigenvalue weighted by Crippen LogP contribution is -2.30. The van der Waals surface area contributed by atoms with Crippen LogP contribution in [-0.2, 0) is 4.74 Å². The zero-order chi connectivity index (χ0) is 11.3. The van der Waals surface area contributed by atoms with E-state index < -0.39 is 11.7 Å². The topological polar surface area (TPSA) is 50.7 Å². The van der Waals surface area contributed by atoms with Gasteiger partial charge >= 0.3 is 6.09 Å². The Hall–Kier alpha value is -0.900. The Labute approximate surface area is 91.1 Å². The SMILES string of the molecule is CC(C)(C)OC(=O)/N=C/C1CCCNC1. The summed E-state index contributed by atoms with van der Waals surface area (Å²) in [6, 6.07) is 0. The molecule has 1 saturated heterocycles. The van der Waals surface area contributed by atoms with Crippen molar-refractivity contribution in [1.29, 1.82) is 0 Å². The van der Waals surface area contributed by atoms with Gasteiger partial charge in [0, 0.05) is 18.7 Å². The van der Waals surface area contributed by atoms with Gasteiger partial charge in [0.15, 0.2) is 0 Å². The number of ether oxygens (including phenoxy) is 1. The number of aliphatic imine (C=N–C) groups is 1. The van der Waals surface area contributed by atoms with Crippen LogP contribution in [0.25, 0.3) is 0 Å². The van der Waals surface area contributed by atoms with Crippen molar-refractivity contribution in [3.63, 3.8) is 0 Å². The summed E-state index contributed by atoms with van der Waals surface area (Å²) in [6.07, 6.45) is 3.46. The molecule has 0 aromatic heterocycles. The summed E-state index contributed by atoms with van der Waals surface area (Å²) >= 11 is 0. The fraction of sp³-hybridized carbons (Fsp3) is 0.818. The summed E-state index contributed by atoms with van der Waals surface area (Å²) in [5.74, 6) is 0.367. The summed E-state index contributed by atoms with van der Waals surface area (Å²) in [6.45, 7) is 7.48. The molecule has 86 valence electrons. The van der Waals surface area contributed by atoms with Crippen molar-refractivity contribution in [1.82, 2.24) is 5.32 Å².